The van der Waals surface area contributed by atoms with Crippen molar-refractivity contribution in [1.82, 2.24) is 10.2 Å². The van der Waals surface area contributed by atoms with Crippen LogP contribution >= 0.6 is 0 Å². The minimum absolute atomic E-state index is 0.0158. The van der Waals surface area contributed by atoms with Crippen LogP contribution in [-0.4, -0.2) is 16.1 Å². The largest absolute Gasteiger partial charge is 0.278 e. The molecule has 0 spiro atoms. The Kier molecular flexibility index (Phi) is 1.71. The molecule has 2 nitrogen and oxygen atoms in total. The Bertz CT molecular complexity index is 572. The number of H-pyrrole nitrogens is 1. The van der Waals surface area contributed by atoms with Gasteiger partial charge in [-0.05, 0) is 36.6 Å². The van der Waals surface area contributed by atoms with Gasteiger partial charge >= 0.3 is 0 Å². The summed E-state index contributed by atoms with van der Waals surface area (Å²) in [5.74, 6) is -3.10. The van der Waals surface area contributed by atoms with Crippen LogP contribution in [0.2, 0.25) is 0 Å². The SMILES string of the molecule is Cc1cc2[nH]ncc2c(C)c1C1CC1(F)F. The van der Waals surface area contributed by atoms with Gasteiger partial charge in [-0.15, -0.1) is 0 Å². The molecule has 0 radical (unpaired) electrons. The van der Waals surface area contributed by atoms with Crippen LogP contribution in [0.25, 0.3) is 10.9 Å². The number of hydrogen-bond donors (Lipinski definition) is 1. The highest BCUT2D eigenvalue weighted by Crippen LogP contribution is 2.57. The molecule has 1 saturated carbocycles. The first kappa shape index (κ1) is 9.75. The zero-order chi connectivity index (χ0) is 11.5. The quantitative estimate of drug-likeness (QED) is 0.787. The smallest absolute Gasteiger partial charge is 0.255 e. The van der Waals surface area contributed by atoms with Crippen molar-refractivity contribution in [2.45, 2.75) is 32.1 Å². The van der Waals surface area contributed by atoms with Gasteiger partial charge in [0.05, 0.1) is 17.6 Å². The summed E-state index contributed by atoms with van der Waals surface area (Å²) in [7, 11) is 0. The van der Waals surface area contributed by atoms with Crippen molar-refractivity contribution in [2.75, 3.05) is 0 Å². The van der Waals surface area contributed by atoms with E-state index < -0.39 is 11.8 Å². The van der Waals surface area contributed by atoms with Crippen molar-refractivity contribution in [1.29, 1.82) is 0 Å². The van der Waals surface area contributed by atoms with Gasteiger partial charge in [0.15, 0.2) is 0 Å². The second kappa shape index (κ2) is 2.81. The third kappa shape index (κ3) is 1.19. The standard InChI is InChI=1S/C12H12F2N2/c1-6-3-10-8(5-15-16-10)7(2)11(6)9-4-12(9,13)14/h3,5,9H,4H2,1-2H3,(H,15,16). The first-order valence-electron chi connectivity index (χ1n) is 5.31. The van der Waals surface area contributed by atoms with Gasteiger partial charge in [-0.2, -0.15) is 5.10 Å². The van der Waals surface area contributed by atoms with E-state index >= 15 is 0 Å². The topological polar surface area (TPSA) is 28.7 Å². The Morgan fingerprint density at radius 3 is 2.75 bits per heavy atom. The van der Waals surface area contributed by atoms with Gasteiger partial charge in [0.1, 0.15) is 0 Å². The van der Waals surface area contributed by atoms with E-state index in [1.807, 2.05) is 19.9 Å². The number of nitrogens with one attached hydrogen (secondary N) is 1. The molecule has 1 heterocycles. The summed E-state index contributed by atoms with van der Waals surface area (Å²) in [5.41, 5.74) is 3.59. The van der Waals surface area contributed by atoms with Crippen molar-refractivity contribution in [2.24, 2.45) is 0 Å². The monoisotopic (exact) mass is 222 g/mol. The zero-order valence-electron chi connectivity index (χ0n) is 9.14. The molecule has 2 aromatic rings. The molecule has 16 heavy (non-hydrogen) atoms. The number of alkyl halides is 2. The van der Waals surface area contributed by atoms with E-state index in [1.54, 1.807) is 6.20 Å². The first-order valence-corrected chi connectivity index (χ1v) is 5.31. The zero-order valence-corrected chi connectivity index (χ0v) is 9.14. The van der Waals surface area contributed by atoms with Gasteiger partial charge in [-0.25, -0.2) is 8.78 Å². The summed E-state index contributed by atoms with van der Waals surface area (Å²) >= 11 is 0. The van der Waals surface area contributed by atoms with E-state index in [0.717, 1.165) is 27.6 Å². The lowest BCUT2D eigenvalue weighted by Gasteiger charge is -2.10. The van der Waals surface area contributed by atoms with Crippen molar-refractivity contribution in [3.8, 4) is 0 Å². The molecule has 0 saturated heterocycles. The fourth-order valence-electron chi connectivity index (χ4n) is 2.50. The maximum atomic E-state index is 13.1. The van der Waals surface area contributed by atoms with Crippen molar-refractivity contribution < 1.29 is 8.78 Å². The molecule has 1 aromatic heterocycles. The number of aromatic amines is 1. The van der Waals surface area contributed by atoms with E-state index in [9.17, 15) is 8.78 Å². The Balaban J connectivity index is 2.24. The predicted octanol–water partition coefficient (Wildman–Crippen LogP) is 3.30. The van der Waals surface area contributed by atoms with Gasteiger partial charge in [0.25, 0.3) is 5.92 Å². The third-order valence-corrected chi connectivity index (χ3v) is 3.44. The van der Waals surface area contributed by atoms with E-state index in [1.165, 1.54) is 0 Å². The lowest BCUT2D eigenvalue weighted by atomic mass is 9.95. The fraction of sp³-hybridized carbons (Fsp3) is 0.417. The van der Waals surface area contributed by atoms with Crippen LogP contribution < -0.4 is 0 Å². The molecule has 1 fully saturated rings. The molecule has 84 valence electrons. The highest BCUT2D eigenvalue weighted by atomic mass is 19.3. The molecule has 0 bridgehead atoms. The molecule has 1 aliphatic carbocycles. The van der Waals surface area contributed by atoms with Gasteiger partial charge in [0.2, 0.25) is 0 Å². The Morgan fingerprint density at radius 1 is 1.44 bits per heavy atom. The molecular weight excluding hydrogens is 210 g/mol. The van der Waals surface area contributed by atoms with Gasteiger partial charge in [-0.1, -0.05) is 0 Å². The first-order chi connectivity index (χ1) is 7.50. The second-order valence-corrected chi connectivity index (χ2v) is 4.58. The van der Waals surface area contributed by atoms with Crippen LogP contribution in [0.4, 0.5) is 8.78 Å². The fourth-order valence-corrected chi connectivity index (χ4v) is 2.50. The van der Waals surface area contributed by atoms with Crippen molar-refractivity contribution in [3.63, 3.8) is 0 Å². The highest BCUT2D eigenvalue weighted by Gasteiger charge is 2.58. The summed E-state index contributed by atoms with van der Waals surface area (Å²) in [6, 6.07) is 1.90. The summed E-state index contributed by atoms with van der Waals surface area (Å²) in [4.78, 5) is 0. The van der Waals surface area contributed by atoms with E-state index in [-0.39, 0.29) is 6.42 Å². The molecule has 3 rings (SSSR count). The summed E-state index contributed by atoms with van der Waals surface area (Å²) in [6.45, 7) is 3.78. The number of rotatable bonds is 1. The number of benzene rings is 1. The lowest BCUT2D eigenvalue weighted by molar-refractivity contribution is 0.112. The predicted molar refractivity (Wildman–Crippen MR) is 57.9 cm³/mol. The van der Waals surface area contributed by atoms with Crippen molar-refractivity contribution >= 4 is 10.9 Å². The summed E-state index contributed by atoms with van der Waals surface area (Å²) < 4.78 is 26.3. The molecule has 1 unspecified atom stereocenters. The van der Waals surface area contributed by atoms with Crippen LogP contribution in [0.1, 0.15) is 29.0 Å². The third-order valence-electron chi connectivity index (χ3n) is 3.44. The molecule has 1 atom stereocenters. The average Bonchev–Trinajstić information content (AvgIpc) is 2.62. The number of fused-ring (bicyclic) bond motifs is 1. The van der Waals surface area contributed by atoms with E-state index in [4.69, 9.17) is 0 Å². The number of nitrogens with zero attached hydrogens (tertiary/aromatic N) is 1. The number of halogens is 2. The van der Waals surface area contributed by atoms with Crippen LogP contribution in [0.3, 0.4) is 0 Å². The Labute approximate surface area is 91.7 Å². The van der Waals surface area contributed by atoms with Crippen LogP contribution in [0, 0.1) is 13.8 Å². The Morgan fingerprint density at radius 2 is 2.12 bits per heavy atom. The molecule has 1 aliphatic rings. The molecule has 0 aliphatic heterocycles. The van der Waals surface area contributed by atoms with E-state index in [0.29, 0.717) is 0 Å². The van der Waals surface area contributed by atoms with Crippen LogP contribution in [0.5, 0.6) is 0 Å². The minimum atomic E-state index is -2.51. The maximum Gasteiger partial charge on any atom is 0.255 e. The molecular formula is C12H12F2N2. The average molecular weight is 222 g/mol. The molecule has 4 heteroatoms. The number of hydrogen-bond acceptors (Lipinski definition) is 1. The van der Waals surface area contributed by atoms with Crippen LogP contribution in [-0.2, 0) is 0 Å². The van der Waals surface area contributed by atoms with Gasteiger partial charge in [0, 0.05) is 11.8 Å². The molecule has 0 amide bonds. The maximum absolute atomic E-state index is 13.1. The Hall–Kier alpha value is -1.45. The van der Waals surface area contributed by atoms with Gasteiger partial charge < -0.3 is 0 Å². The summed E-state index contributed by atoms with van der Waals surface area (Å²) in [5, 5.41) is 7.77. The van der Waals surface area contributed by atoms with Crippen molar-refractivity contribution in [3.05, 3.63) is 29.0 Å². The molecule has 1 N–H and O–H groups in total. The number of aryl methyl sites for hydroxylation is 2. The highest BCUT2D eigenvalue weighted by molar-refractivity contribution is 5.84. The second-order valence-electron chi connectivity index (χ2n) is 4.58. The van der Waals surface area contributed by atoms with Gasteiger partial charge in [-0.3, -0.25) is 5.10 Å². The minimum Gasteiger partial charge on any atom is -0.278 e. The lowest BCUT2D eigenvalue weighted by Crippen LogP contribution is -1.98. The normalized spacial score (nSPS) is 22.6. The van der Waals surface area contributed by atoms with E-state index in [2.05, 4.69) is 10.2 Å². The summed E-state index contributed by atoms with van der Waals surface area (Å²) in [6.07, 6.45) is 1.69. The van der Waals surface area contributed by atoms with Crippen LogP contribution in [0.15, 0.2) is 12.3 Å². The number of aromatic nitrogens is 2. The molecule has 1 aromatic carbocycles.